The number of benzene rings is 2. The van der Waals surface area contributed by atoms with Crippen LogP contribution >= 0.6 is 0 Å². The number of carbonyl (C=O) groups excluding carboxylic acids is 1. The van der Waals surface area contributed by atoms with Gasteiger partial charge in [0.25, 0.3) is 5.91 Å². The van der Waals surface area contributed by atoms with Crippen molar-refractivity contribution in [1.29, 1.82) is 0 Å². The van der Waals surface area contributed by atoms with Crippen LogP contribution in [0.3, 0.4) is 0 Å². The molecule has 1 unspecified atom stereocenters. The van der Waals surface area contributed by atoms with E-state index in [9.17, 15) is 9.18 Å². The quantitative estimate of drug-likeness (QED) is 0.508. The van der Waals surface area contributed by atoms with Gasteiger partial charge in [-0.2, -0.15) is 5.10 Å². The van der Waals surface area contributed by atoms with Crippen molar-refractivity contribution < 1.29 is 9.18 Å². The molecular formula is C24H23FN4O. The molecule has 0 aliphatic rings. The maximum atomic E-state index is 13.4. The van der Waals surface area contributed by atoms with Crippen LogP contribution in [-0.2, 0) is 0 Å². The van der Waals surface area contributed by atoms with E-state index in [4.69, 9.17) is 0 Å². The van der Waals surface area contributed by atoms with E-state index in [-0.39, 0.29) is 17.8 Å². The molecule has 0 aliphatic heterocycles. The Labute approximate surface area is 174 Å². The Morgan fingerprint density at radius 2 is 1.80 bits per heavy atom. The molecule has 1 N–H and O–H groups in total. The molecule has 152 valence electrons. The molecule has 0 radical (unpaired) electrons. The minimum atomic E-state index is -0.317. The predicted octanol–water partition coefficient (Wildman–Crippen LogP) is 5.06. The molecule has 4 rings (SSSR count). The van der Waals surface area contributed by atoms with Gasteiger partial charge >= 0.3 is 0 Å². The number of aryl methyl sites for hydroxylation is 2. The van der Waals surface area contributed by atoms with E-state index < -0.39 is 0 Å². The molecule has 0 spiro atoms. The van der Waals surface area contributed by atoms with Crippen molar-refractivity contribution in [1.82, 2.24) is 20.1 Å². The molecule has 4 aromatic rings. The number of hydrogen-bond acceptors (Lipinski definition) is 3. The van der Waals surface area contributed by atoms with Gasteiger partial charge < -0.3 is 5.32 Å². The molecule has 0 fully saturated rings. The largest absolute Gasteiger partial charge is 0.345 e. The number of fused-ring (bicyclic) bond motifs is 1. The molecule has 2 aromatic heterocycles. The van der Waals surface area contributed by atoms with E-state index in [1.54, 1.807) is 22.9 Å². The lowest BCUT2D eigenvalue weighted by molar-refractivity contribution is 0.0937. The summed E-state index contributed by atoms with van der Waals surface area (Å²) in [5.74, 6) is -0.481. The zero-order valence-corrected chi connectivity index (χ0v) is 17.2. The Morgan fingerprint density at radius 3 is 2.47 bits per heavy atom. The van der Waals surface area contributed by atoms with Crippen molar-refractivity contribution in [3.63, 3.8) is 0 Å². The Morgan fingerprint density at radius 1 is 1.10 bits per heavy atom. The topological polar surface area (TPSA) is 59.8 Å². The SMILES string of the molecule is CCC(NC(=O)c1cc(C)nc2c1c(C)nn2-c1ccc(F)cc1)c1ccccc1. The van der Waals surface area contributed by atoms with Gasteiger partial charge in [0.1, 0.15) is 5.82 Å². The number of nitrogens with one attached hydrogen (secondary N) is 1. The highest BCUT2D eigenvalue weighted by Crippen LogP contribution is 2.26. The summed E-state index contributed by atoms with van der Waals surface area (Å²) in [6.45, 7) is 5.75. The zero-order chi connectivity index (χ0) is 21.3. The van der Waals surface area contributed by atoms with Crippen LogP contribution in [0.1, 0.15) is 46.7 Å². The van der Waals surface area contributed by atoms with Gasteiger partial charge in [0, 0.05) is 5.69 Å². The summed E-state index contributed by atoms with van der Waals surface area (Å²) in [4.78, 5) is 17.9. The fourth-order valence-corrected chi connectivity index (χ4v) is 3.70. The monoisotopic (exact) mass is 402 g/mol. The molecule has 2 aromatic carbocycles. The average Bonchev–Trinajstić information content (AvgIpc) is 3.08. The Bertz CT molecular complexity index is 1200. The highest BCUT2D eigenvalue weighted by molar-refractivity contribution is 6.07. The highest BCUT2D eigenvalue weighted by Gasteiger charge is 2.21. The summed E-state index contributed by atoms with van der Waals surface area (Å²) < 4.78 is 15.0. The third kappa shape index (κ3) is 3.68. The van der Waals surface area contributed by atoms with E-state index in [1.165, 1.54) is 12.1 Å². The lowest BCUT2D eigenvalue weighted by Gasteiger charge is -2.18. The van der Waals surface area contributed by atoms with Crippen molar-refractivity contribution in [2.75, 3.05) is 0 Å². The van der Waals surface area contributed by atoms with Gasteiger partial charge in [-0.05, 0) is 56.2 Å². The second kappa shape index (κ2) is 8.06. The van der Waals surface area contributed by atoms with Crippen LogP contribution in [-0.4, -0.2) is 20.7 Å². The van der Waals surface area contributed by atoms with Crippen molar-refractivity contribution >= 4 is 16.9 Å². The van der Waals surface area contributed by atoms with Crippen LogP contribution in [0.25, 0.3) is 16.7 Å². The lowest BCUT2D eigenvalue weighted by Crippen LogP contribution is -2.28. The molecule has 0 saturated heterocycles. The summed E-state index contributed by atoms with van der Waals surface area (Å²) in [6.07, 6.45) is 0.775. The fraction of sp³-hybridized carbons (Fsp3) is 0.208. The second-order valence-electron chi connectivity index (χ2n) is 7.33. The van der Waals surface area contributed by atoms with E-state index in [2.05, 4.69) is 15.4 Å². The minimum absolute atomic E-state index is 0.0883. The van der Waals surface area contributed by atoms with E-state index in [0.29, 0.717) is 33.7 Å². The van der Waals surface area contributed by atoms with Crippen LogP contribution in [0.2, 0.25) is 0 Å². The first-order chi connectivity index (χ1) is 14.5. The predicted molar refractivity (Wildman–Crippen MR) is 115 cm³/mol. The first kappa shape index (κ1) is 19.8. The standard InChI is InChI=1S/C24H23FN4O/c1-4-21(17-8-6-5-7-9-17)27-24(30)20-14-15(2)26-23-22(20)16(3)28-29(23)19-12-10-18(25)11-13-19/h5-14,21H,4H2,1-3H3,(H,27,30). The van der Waals surface area contributed by atoms with Gasteiger partial charge in [0.2, 0.25) is 0 Å². The zero-order valence-electron chi connectivity index (χ0n) is 17.2. The molecule has 2 heterocycles. The molecule has 1 amide bonds. The molecule has 0 bridgehead atoms. The highest BCUT2D eigenvalue weighted by atomic mass is 19.1. The number of nitrogens with zero attached hydrogens (tertiary/aromatic N) is 3. The van der Waals surface area contributed by atoms with Crippen molar-refractivity contribution in [3.05, 3.63) is 89.0 Å². The van der Waals surface area contributed by atoms with E-state index in [0.717, 1.165) is 12.0 Å². The van der Waals surface area contributed by atoms with Gasteiger partial charge in [-0.3, -0.25) is 4.79 Å². The maximum Gasteiger partial charge on any atom is 0.252 e. The summed E-state index contributed by atoms with van der Waals surface area (Å²) >= 11 is 0. The van der Waals surface area contributed by atoms with E-state index >= 15 is 0 Å². The minimum Gasteiger partial charge on any atom is -0.345 e. The summed E-state index contributed by atoms with van der Waals surface area (Å²) in [5.41, 5.74) is 4.28. The van der Waals surface area contributed by atoms with Gasteiger partial charge in [-0.25, -0.2) is 14.1 Å². The van der Waals surface area contributed by atoms with Gasteiger partial charge in [0.05, 0.1) is 28.4 Å². The smallest absolute Gasteiger partial charge is 0.252 e. The Hall–Kier alpha value is -3.54. The lowest BCUT2D eigenvalue weighted by atomic mass is 10.0. The molecule has 5 nitrogen and oxygen atoms in total. The maximum absolute atomic E-state index is 13.4. The average molecular weight is 402 g/mol. The molecular weight excluding hydrogens is 379 g/mol. The van der Waals surface area contributed by atoms with Gasteiger partial charge in [0.15, 0.2) is 5.65 Å². The van der Waals surface area contributed by atoms with Gasteiger partial charge in [-0.15, -0.1) is 0 Å². The molecule has 0 aliphatic carbocycles. The third-order valence-electron chi connectivity index (χ3n) is 5.17. The number of aromatic nitrogens is 3. The van der Waals surface area contributed by atoms with Crippen molar-refractivity contribution in [3.8, 4) is 5.69 Å². The second-order valence-corrected chi connectivity index (χ2v) is 7.33. The number of carbonyl (C=O) groups is 1. The van der Waals surface area contributed by atoms with Crippen LogP contribution in [0, 0.1) is 19.7 Å². The molecule has 30 heavy (non-hydrogen) atoms. The molecule has 0 saturated carbocycles. The third-order valence-corrected chi connectivity index (χ3v) is 5.17. The first-order valence-corrected chi connectivity index (χ1v) is 9.96. The fourth-order valence-electron chi connectivity index (χ4n) is 3.70. The number of rotatable bonds is 5. The molecule has 6 heteroatoms. The van der Waals surface area contributed by atoms with Crippen LogP contribution in [0.4, 0.5) is 4.39 Å². The first-order valence-electron chi connectivity index (χ1n) is 9.96. The number of pyridine rings is 1. The number of hydrogen-bond donors (Lipinski definition) is 1. The normalized spacial score (nSPS) is 12.1. The van der Waals surface area contributed by atoms with Crippen LogP contribution in [0.5, 0.6) is 0 Å². The summed E-state index contributed by atoms with van der Waals surface area (Å²) in [7, 11) is 0. The van der Waals surface area contributed by atoms with E-state index in [1.807, 2.05) is 51.1 Å². The molecule has 1 atom stereocenters. The number of halogens is 1. The van der Waals surface area contributed by atoms with Crippen molar-refractivity contribution in [2.45, 2.75) is 33.2 Å². The summed E-state index contributed by atoms with van der Waals surface area (Å²) in [5, 5.41) is 8.43. The Balaban J connectivity index is 1.77. The van der Waals surface area contributed by atoms with Crippen LogP contribution in [0.15, 0.2) is 60.7 Å². The summed E-state index contributed by atoms with van der Waals surface area (Å²) in [6, 6.07) is 17.7. The van der Waals surface area contributed by atoms with Gasteiger partial charge in [-0.1, -0.05) is 37.3 Å². The van der Waals surface area contributed by atoms with Crippen molar-refractivity contribution in [2.24, 2.45) is 0 Å². The van der Waals surface area contributed by atoms with Crippen LogP contribution < -0.4 is 5.32 Å². The number of amides is 1. The Kier molecular flexibility index (Phi) is 5.31.